The van der Waals surface area contributed by atoms with Crippen molar-refractivity contribution >= 4 is 0 Å². The predicted molar refractivity (Wildman–Crippen MR) is 70.5 cm³/mol. The predicted octanol–water partition coefficient (Wildman–Crippen LogP) is 2.15. The summed E-state index contributed by atoms with van der Waals surface area (Å²) in [7, 11) is 2.10. The van der Waals surface area contributed by atoms with Crippen molar-refractivity contribution in [1.82, 2.24) is 9.88 Å². The third-order valence-electron chi connectivity index (χ3n) is 3.01. The van der Waals surface area contributed by atoms with Crippen LogP contribution in [0.3, 0.4) is 0 Å². The molecule has 1 unspecified atom stereocenters. The highest BCUT2D eigenvalue weighted by Crippen LogP contribution is 2.18. The van der Waals surface area contributed by atoms with E-state index < -0.39 is 0 Å². The lowest BCUT2D eigenvalue weighted by Gasteiger charge is -2.26. The zero-order valence-corrected chi connectivity index (χ0v) is 10.1. The average molecular weight is 229 g/mol. The second-order valence-electron chi connectivity index (χ2n) is 4.28. The summed E-state index contributed by atoms with van der Waals surface area (Å²) >= 11 is 0. The van der Waals surface area contributed by atoms with Crippen molar-refractivity contribution in [3.8, 4) is 0 Å². The number of likely N-dealkylation sites (N-methyl/N-ethyl adjacent to an activating group) is 1. The van der Waals surface area contributed by atoms with Gasteiger partial charge in [-0.05, 0) is 24.7 Å². The maximum absolute atomic E-state index is 5.86. The van der Waals surface area contributed by atoms with E-state index in [1.807, 2.05) is 18.3 Å². The maximum Gasteiger partial charge on any atom is 0.0622 e. The first kappa shape index (κ1) is 11.9. The summed E-state index contributed by atoms with van der Waals surface area (Å²) in [5.41, 5.74) is 8.33. The summed E-state index contributed by atoms with van der Waals surface area (Å²) in [4.78, 5) is 5.50. The highest BCUT2D eigenvalue weighted by Gasteiger charge is 2.15. The Morgan fingerprint density at radius 3 is 2.53 bits per heavy atom. The first-order valence-electron chi connectivity index (χ1n) is 5.89. The quantitative estimate of drug-likeness (QED) is 0.825. The summed E-state index contributed by atoms with van der Waals surface area (Å²) in [5, 5.41) is 0. The molecular formula is C14H19N3. The number of nitrogens with two attached hydrogens (primary N) is 1. The third-order valence-corrected chi connectivity index (χ3v) is 3.01. The molecule has 2 rings (SSSR count). The second kappa shape index (κ2) is 5.66. The summed E-state index contributed by atoms with van der Waals surface area (Å²) < 4.78 is 0. The first-order valence-corrected chi connectivity index (χ1v) is 5.89. The van der Waals surface area contributed by atoms with E-state index in [9.17, 15) is 0 Å². The molecule has 0 aliphatic rings. The highest BCUT2D eigenvalue weighted by molar-refractivity contribution is 5.16. The van der Waals surface area contributed by atoms with E-state index in [2.05, 4.69) is 47.3 Å². The number of rotatable bonds is 5. The molecule has 3 nitrogen and oxygen atoms in total. The van der Waals surface area contributed by atoms with Crippen LogP contribution in [0.25, 0.3) is 0 Å². The maximum atomic E-state index is 5.86. The molecule has 0 amide bonds. The van der Waals surface area contributed by atoms with Gasteiger partial charge in [0.05, 0.1) is 6.04 Å². The Bertz CT molecular complexity index is 422. The van der Waals surface area contributed by atoms with Crippen molar-refractivity contribution in [1.29, 1.82) is 0 Å². The van der Waals surface area contributed by atoms with Gasteiger partial charge in [-0.2, -0.15) is 0 Å². The number of nitrogens with zero attached hydrogens (tertiary/aromatic N) is 1. The van der Waals surface area contributed by atoms with Gasteiger partial charge in [-0.25, -0.2) is 0 Å². The van der Waals surface area contributed by atoms with Gasteiger partial charge in [0.15, 0.2) is 0 Å². The molecule has 3 N–H and O–H groups in total. The standard InChI is InChI=1S/C14H19N3/c1-17(11-12-6-3-2-4-7-12)14(10-15)13-8-5-9-16-13/h2-9,14,16H,10-11,15H2,1H3. The molecule has 0 spiro atoms. The van der Waals surface area contributed by atoms with Crippen molar-refractivity contribution in [3.05, 3.63) is 59.9 Å². The highest BCUT2D eigenvalue weighted by atomic mass is 15.1. The Balaban J connectivity index is 2.06. The minimum absolute atomic E-state index is 0.241. The van der Waals surface area contributed by atoms with Gasteiger partial charge in [-0.3, -0.25) is 4.90 Å². The summed E-state index contributed by atoms with van der Waals surface area (Å²) in [6, 6.07) is 14.8. The minimum atomic E-state index is 0.241. The van der Waals surface area contributed by atoms with E-state index in [1.54, 1.807) is 0 Å². The second-order valence-corrected chi connectivity index (χ2v) is 4.28. The third kappa shape index (κ3) is 2.96. The molecule has 0 fully saturated rings. The molecule has 0 saturated heterocycles. The molecule has 1 atom stereocenters. The molecule has 0 aliphatic carbocycles. The number of aromatic amines is 1. The lowest BCUT2D eigenvalue weighted by Crippen LogP contribution is -2.30. The summed E-state index contributed by atoms with van der Waals surface area (Å²) in [6.45, 7) is 1.52. The molecular weight excluding hydrogens is 210 g/mol. The molecule has 90 valence electrons. The number of hydrogen-bond acceptors (Lipinski definition) is 2. The number of nitrogens with one attached hydrogen (secondary N) is 1. The number of H-pyrrole nitrogens is 1. The van der Waals surface area contributed by atoms with E-state index in [-0.39, 0.29) is 6.04 Å². The Kier molecular flexibility index (Phi) is 3.96. The normalized spacial score (nSPS) is 12.9. The zero-order chi connectivity index (χ0) is 12.1. The van der Waals surface area contributed by atoms with Gasteiger partial charge in [0.25, 0.3) is 0 Å². The molecule has 2 aromatic rings. The van der Waals surface area contributed by atoms with Gasteiger partial charge in [0.2, 0.25) is 0 Å². The number of aromatic nitrogens is 1. The van der Waals surface area contributed by atoms with Crippen molar-refractivity contribution in [2.24, 2.45) is 5.73 Å². The van der Waals surface area contributed by atoms with Crippen LogP contribution >= 0.6 is 0 Å². The van der Waals surface area contributed by atoms with Gasteiger partial charge in [0.1, 0.15) is 0 Å². The van der Waals surface area contributed by atoms with E-state index in [0.717, 1.165) is 6.54 Å². The first-order chi connectivity index (χ1) is 8.31. The molecule has 17 heavy (non-hydrogen) atoms. The molecule has 0 aliphatic heterocycles. The fraction of sp³-hybridized carbons (Fsp3) is 0.286. The van der Waals surface area contributed by atoms with Gasteiger partial charge >= 0.3 is 0 Å². The SMILES string of the molecule is CN(Cc1ccccc1)C(CN)c1ccc[nH]1. The van der Waals surface area contributed by atoms with E-state index >= 15 is 0 Å². The van der Waals surface area contributed by atoms with Crippen LogP contribution in [-0.4, -0.2) is 23.5 Å². The Hall–Kier alpha value is -1.58. The van der Waals surface area contributed by atoms with Crippen molar-refractivity contribution in [3.63, 3.8) is 0 Å². The Morgan fingerprint density at radius 1 is 1.18 bits per heavy atom. The molecule has 1 aromatic carbocycles. The van der Waals surface area contributed by atoms with Crippen molar-refractivity contribution in [2.75, 3.05) is 13.6 Å². The van der Waals surface area contributed by atoms with Crippen molar-refractivity contribution in [2.45, 2.75) is 12.6 Å². The van der Waals surface area contributed by atoms with Crippen LogP contribution < -0.4 is 5.73 Å². The molecule has 3 heteroatoms. The largest absolute Gasteiger partial charge is 0.364 e. The van der Waals surface area contributed by atoms with Crippen LogP contribution in [-0.2, 0) is 6.54 Å². The van der Waals surface area contributed by atoms with Gasteiger partial charge in [-0.15, -0.1) is 0 Å². The molecule has 1 aromatic heterocycles. The summed E-state index contributed by atoms with van der Waals surface area (Å²) in [5.74, 6) is 0. The zero-order valence-electron chi connectivity index (χ0n) is 10.1. The van der Waals surface area contributed by atoms with Gasteiger partial charge < -0.3 is 10.7 Å². The lowest BCUT2D eigenvalue weighted by atomic mass is 10.1. The summed E-state index contributed by atoms with van der Waals surface area (Å²) in [6.07, 6.45) is 1.94. The van der Waals surface area contributed by atoms with Crippen LogP contribution in [0.1, 0.15) is 17.3 Å². The smallest absolute Gasteiger partial charge is 0.0622 e. The molecule has 0 bridgehead atoms. The van der Waals surface area contributed by atoms with Crippen LogP contribution in [0.2, 0.25) is 0 Å². The average Bonchev–Trinajstić information content (AvgIpc) is 2.85. The molecule has 0 radical (unpaired) electrons. The topological polar surface area (TPSA) is 45.0 Å². The molecule has 1 heterocycles. The Labute approximate surface area is 102 Å². The van der Waals surface area contributed by atoms with Crippen LogP contribution in [0.15, 0.2) is 48.7 Å². The lowest BCUT2D eigenvalue weighted by molar-refractivity contribution is 0.238. The fourth-order valence-electron chi connectivity index (χ4n) is 2.08. The number of benzene rings is 1. The van der Waals surface area contributed by atoms with Crippen LogP contribution in [0.4, 0.5) is 0 Å². The van der Waals surface area contributed by atoms with Crippen molar-refractivity contribution < 1.29 is 0 Å². The van der Waals surface area contributed by atoms with E-state index in [1.165, 1.54) is 11.3 Å². The van der Waals surface area contributed by atoms with Gasteiger partial charge in [0, 0.05) is 25.0 Å². The van der Waals surface area contributed by atoms with Crippen LogP contribution in [0.5, 0.6) is 0 Å². The number of hydrogen-bond donors (Lipinski definition) is 2. The molecule has 0 saturated carbocycles. The fourth-order valence-corrected chi connectivity index (χ4v) is 2.08. The van der Waals surface area contributed by atoms with E-state index in [4.69, 9.17) is 5.73 Å². The monoisotopic (exact) mass is 229 g/mol. The van der Waals surface area contributed by atoms with Gasteiger partial charge in [-0.1, -0.05) is 30.3 Å². The Morgan fingerprint density at radius 2 is 1.94 bits per heavy atom. The van der Waals surface area contributed by atoms with E-state index in [0.29, 0.717) is 6.54 Å². The van der Waals surface area contributed by atoms with Crippen LogP contribution in [0, 0.1) is 0 Å². The minimum Gasteiger partial charge on any atom is -0.364 e.